The van der Waals surface area contributed by atoms with Crippen molar-refractivity contribution in [2.75, 3.05) is 43.4 Å². The van der Waals surface area contributed by atoms with Crippen LogP contribution in [0.5, 0.6) is 0 Å². The van der Waals surface area contributed by atoms with Crippen LogP contribution >= 0.6 is 0 Å². The van der Waals surface area contributed by atoms with Crippen molar-refractivity contribution in [3.63, 3.8) is 0 Å². The molecule has 8 heteroatoms. The fraction of sp³-hybridized carbons (Fsp3) is 0.333. The van der Waals surface area contributed by atoms with Gasteiger partial charge in [-0.15, -0.1) is 0 Å². The van der Waals surface area contributed by atoms with Crippen LogP contribution in [0, 0.1) is 0 Å². The quantitative estimate of drug-likeness (QED) is 0.909. The minimum atomic E-state index is -4.53. The number of likely N-dealkylation sites (N-methyl/N-ethyl adjacent to an activating group) is 1. The number of anilines is 2. The molecule has 5 nitrogen and oxygen atoms in total. The predicted octanol–water partition coefficient (Wildman–Crippen LogP) is 3.10. The number of halogens is 3. The minimum Gasteiger partial charge on any atom is -0.354 e. The molecular weight excluding hydrogens is 345 g/mol. The van der Waals surface area contributed by atoms with Crippen LogP contribution in [0.15, 0.2) is 42.6 Å². The molecule has 2 heterocycles. The maximum Gasteiger partial charge on any atom is 0.418 e. The van der Waals surface area contributed by atoms with Gasteiger partial charge in [0.15, 0.2) is 0 Å². The summed E-state index contributed by atoms with van der Waals surface area (Å²) >= 11 is 0. The molecule has 0 unspecified atom stereocenters. The minimum absolute atomic E-state index is 0.261. The van der Waals surface area contributed by atoms with Gasteiger partial charge in [0, 0.05) is 37.9 Å². The second kappa shape index (κ2) is 7.33. The van der Waals surface area contributed by atoms with Gasteiger partial charge in [-0.25, -0.2) is 4.98 Å². The van der Waals surface area contributed by atoms with Crippen LogP contribution in [0.4, 0.5) is 24.7 Å². The van der Waals surface area contributed by atoms with E-state index in [1.54, 1.807) is 6.07 Å². The Morgan fingerprint density at radius 1 is 1.12 bits per heavy atom. The van der Waals surface area contributed by atoms with Crippen molar-refractivity contribution >= 4 is 17.4 Å². The highest BCUT2D eigenvalue weighted by Crippen LogP contribution is 2.34. The van der Waals surface area contributed by atoms with Crippen molar-refractivity contribution in [3.05, 3.63) is 53.7 Å². The smallest absolute Gasteiger partial charge is 0.354 e. The van der Waals surface area contributed by atoms with Gasteiger partial charge >= 0.3 is 6.18 Å². The molecule has 0 aliphatic carbocycles. The summed E-state index contributed by atoms with van der Waals surface area (Å²) in [5.41, 5.74) is -0.865. The Balaban J connectivity index is 1.78. The van der Waals surface area contributed by atoms with Gasteiger partial charge in [0.2, 0.25) is 0 Å². The molecule has 0 atom stereocenters. The lowest BCUT2D eigenvalue weighted by Gasteiger charge is -2.33. The molecule has 1 saturated heterocycles. The van der Waals surface area contributed by atoms with E-state index in [1.165, 1.54) is 30.5 Å². The first-order chi connectivity index (χ1) is 12.3. The fourth-order valence-electron chi connectivity index (χ4n) is 2.80. The zero-order valence-corrected chi connectivity index (χ0v) is 14.3. The van der Waals surface area contributed by atoms with Gasteiger partial charge in [0.25, 0.3) is 5.91 Å². The average Bonchev–Trinajstić information content (AvgIpc) is 2.62. The lowest BCUT2D eigenvalue weighted by atomic mass is 10.1. The molecule has 3 rings (SSSR count). The fourth-order valence-corrected chi connectivity index (χ4v) is 2.80. The summed E-state index contributed by atoms with van der Waals surface area (Å²) in [5, 5.41) is 2.36. The third-order valence-electron chi connectivity index (χ3n) is 4.32. The van der Waals surface area contributed by atoms with Crippen molar-refractivity contribution in [1.29, 1.82) is 0 Å². The van der Waals surface area contributed by atoms with Crippen LogP contribution in [-0.4, -0.2) is 49.0 Å². The number of hydrogen-bond acceptors (Lipinski definition) is 4. The summed E-state index contributed by atoms with van der Waals surface area (Å²) in [6, 6.07) is 8.02. The second-order valence-corrected chi connectivity index (χ2v) is 6.19. The van der Waals surface area contributed by atoms with Crippen LogP contribution < -0.4 is 10.2 Å². The maximum absolute atomic E-state index is 13.1. The Morgan fingerprint density at radius 3 is 2.50 bits per heavy atom. The SMILES string of the molecule is CN1CCN(c2cc(C(=O)Nc3ccccc3C(F)(F)F)ccn2)CC1. The molecule has 0 radical (unpaired) electrons. The molecule has 26 heavy (non-hydrogen) atoms. The van der Waals surface area contributed by atoms with E-state index in [-0.39, 0.29) is 11.3 Å². The van der Waals surface area contributed by atoms with E-state index >= 15 is 0 Å². The first kappa shape index (κ1) is 18.2. The Bertz CT molecular complexity index is 786. The Hall–Kier alpha value is -2.61. The van der Waals surface area contributed by atoms with Crippen LogP contribution in [0.25, 0.3) is 0 Å². The maximum atomic E-state index is 13.1. The number of rotatable bonds is 3. The number of hydrogen-bond donors (Lipinski definition) is 1. The van der Waals surface area contributed by atoms with E-state index in [0.717, 1.165) is 32.2 Å². The number of aromatic nitrogens is 1. The predicted molar refractivity (Wildman–Crippen MR) is 93.3 cm³/mol. The topological polar surface area (TPSA) is 48.5 Å². The zero-order chi connectivity index (χ0) is 18.7. The number of nitrogens with one attached hydrogen (secondary N) is 1. The third-order valence-corrected chi connectivity index (χ3v) is 4.32. The van der Waals surface area contributed by atoms with Crippen LogP contribution in [0.1, 0.15) is 15.9 Å². The number of piperazine rings is 1. The number of nitrogens with zero attached hydrogens (tertiary/aromatic N) is 3. The Morgan fingerprint density at radius 2 is 1.81 bits per heavy atom. The highest BCUT2D eigenvalue weighted by Gasteiger charge is 2.33. The number of carbonyl (C=O) groups excluding carboxylic acids is 1. The van der Waals surface area contributed by atoms with Crippen LogP contribution in [-0.2, 0) is 6.18 Å². The van der Waals surface area contributed by atoms with Crippen molar-refractivity contribution in [1.82, 2.24) is 9.88 Å². The number of carbonyl (C=O) groups is 1. The van der Waals surface area contributed by atoms with Crippen LogP contribution in [0.2, 0.25) is 0 Å². The lowest BCUT2D eigenvalue weighted by molar-refractivity contribution is -0.136. The Labute approximate surface area is 149 Å². The molecular formula is C18H19F3N4O. The summed E-state index contributed by atoms with van der Waals surface area (Å²) in [6.45, 7) is 3.34. The molecule has 0 bridgehead atoms. The van der Waals surface area contributed by atoms with E-state index in [9.17, 15) is 18.0 Å². The van der Waals surface area contributed by atoms with Crippen molar-refractivity contribution < 1.29 is 18.0 Å². The summed E-state index contributed by atoms with van der Waals surface area (Å²) < 4.78 is 39.2. The van der Waals surface area contributed by atoms with E-state index < -0.39 is 17.6 Å². The molecule has 1 fully saturated rings. The number of alkyl halides is 3. The lowest BCUT2D eigenvalue weighted by Crippen LogP contribution is -2.44. The standard InChI is InChI=1S/C18H19F3N4O/c1-24-8-10-25(11-9-24)16-12-13(6-7-22-16)17(26)23-15-5-3-2-4-14(15)18(19,20)21/h2-7,12H,8-11H2,1H3,(H,23,26). The molecule has 1 amide bonds. The number of para-hydroxylation sites is 1. The first-order valence-electron chi connectivity index (χ1n) is 8.22. The Kier molecular flexibility index (Phi) is 5.13. The number of amides is 1. The molecule has 0 spiro atoms. The number of benzene rings is 1. The average molecular weight is 364 g/mol. The van der Waals surface area contributed by atoms with Gasteiger partial charge < -0.3 is 15.1 Å². The van der Waals surface area contributed by atoms with Gasteiger partial charge in [0.05, 0.1) is 11.3 Å². The molecule has 1 N–H and O–H groups in total. The monoisotopic (exact) mass is 364 g/mol. The molecule has 1 aromatic heterocycles. The first-order valence-corrected chi connectivity index (χ1v) is 8.22. The van der Waals surface area contributed by atoms with Gasteiger partial charge in [-0.3, -0.25) is 4.79 Å². The molecule has 1 aromatic carbocycles. The molecule has 0 saturated carbocycles. The van der Waals surface area contributed by atoms with E-state index in [4.69, 9.17) is 0 Å². The summed E-state index contributed by atoms with van der Waals surface area (Å²) in [4.78, 5) is 21.0. The highest BCUT2D eigenvalue weighted by atomic mass is 19.4. The van der Waals surface area contributed by atoms with E-state index in [2.05, 4.69) is 20.1 Å². The van der Waals surface area contributed by atoms with E-state index in [0.29, 0.717) is 5.82 Å². The van der Waals surface area contributed by atoms with Crippen molar-refractivity contribution in [2.45, 2.75) is 6.18 Å². The normalized spacial score (nSPS) is 15.8. The highest BCUT2D eigenvalue weighted by molar-refractivity contribution is 6.05. The van der Waals surface area contributed by atoms with Gasteiger partial charge in [-0.1, -0.05) is 12.1 Å². The summed E-state index contributed by atoms with van der Waals surface area (Å²) in [6.07, 6.45) is -3.04. The number of pyridine rings is 1. The third kappa shape index (κ3) is 4.13. The summed E-state index contributed by atoms with van der Waals surface area (Å²) in [7, 11) is 2.03. The largest absolute Gasteiger partial charge is 0.418 e. The molecule has 138 valence electrons. The molecule has 1 aliphatic heterocycles. The van der Waals surface area contributed by atoms with Crippen LogP contribution in [0.3, 0.4) is 0 Å². The van der Waals surface area contributed by atoms with Crippen molar-refractivity contribution in [2.24, 2.45) is 0 Å². The molecule has 2 aromatic rings. The second-order valence-electron chi connectivity index (χ2n) is 6.19. The summed E-state index contributed by atoms with van der Waals surface area (Å²) in [5.74, 6) is 0.0503. The van der Waals surface area contributed by atoms with E-state index in [1.807, 2.05) is 7.05 Å². The van der Waals surface area contributed by atoms with Gasteiger partial charge in [-0.2, -0.15) is 13.2 Å². The molecule has 1 aliphatic rings. The van der Waals surface area contributed by atoms with Gasteiger partial charge in [0.1, 0.15) is 5.82 Å². The van der Waals surface area contributed by atoms with Gasteiger partial charge in [-0.05, 0) is 31.3 Å². The zero-order valence-electron chi connectivity index (χ0n) is 14.3. The van der Waals surface area contributed by atoms with Crippen molar-refractivity contribution in [3.8, 4) is 0 Å².